The van der Waals surface area contributed by atoms with Gasteiger partial charge in [-0.05, 0) is 32.9 Å². The van der Waals surface area contributed by atoms with Gasteiger partial charge in [0.25, 0.3) is 0 Å². The van der Waals surface area contributed by atoms with Crippen LogP contribution in [0.5, 0.6) is 11.6 Å². The topological polar surface area (TPSA) is 64.0 Å². The van der Waals surface area contributed by atoms with Gasteiger partial charge in [-0.3, -0.25) is 4.57 Å². The predicted octanol–water partition coefficient (Wildman–Crippen LogP) is 3.62. The molecule has 0 bridgehead atoms. The molecule has 19 heavy (non-hydrogen) atoms. The van der Waals surface area contributed by atoms with E-state index in [2.05, 4.69) is 6.07 Å². The van der Waals surface area contributed by atoms with Gasteiger partial charge in [-0.1, -0.05) is 17.7 Å². The van der Waals surface area contributed by atoms with E-state index < -0.39 is 0 Å². The smallest absolute Gasteiger partial charge is 0.224 e. The Balaban J connectivity index is 2.42. The Labute approximate surface area is 113 Å². The van der Waals surface area contributed by atoms with E-state index in [1.807, 2.05) is 45.0 Å². The van der Waals surface area contributed by atoms with Crippen molar-refractivity contribution >= 4 is 5.69 Å². The predicted molar refractivity (Wildman–Crippen MR) is 75.2 cm³/mol. The van der Waals surface area contributed by atoms with Crippen molar-refractivity contribution in [2.45, 2.75) is 26.8 Å². The lowest BCUT2D eigenvalue weighted by Gasteiger charge is -2.15. The molecule has 0 spiro atoms. The third-order valence-corrected chi connectivity index (χ3v) is 2.88. The zero-order valence-corrected chi connectivity index (χ0v) is 11.3. The van der Waals surface area contributed by atoms with E-state index in [9.17, 15) is 0 Å². The maximum atomic E-state index is 9.13. The highest BCUT2D eigenvalue weighted by Gasteiger charge is 2.17. The number of hydrogen-bond acceptors (Lipinski definition) is 3. The zero-order valence-electron chi connectivity index (χ0n) is 11.3. The molecule has 0 aliphatic rings. The molecule has 2 N–H and O–H groups in total. The maximum absolute atomic E-state index is 9.13. The van der Waals surface area contributed by atoms with Crippen LogP contribution in [0, 0.1) is 18.3 Å². The van der Waals surface area contributed by atoms with E-state index in [4.69, 9.17) is 15.7 Å². The van der Waals surface area contributed by atoms with Crippen LogP contribution in [0.2, 0.25) is 0 Å². The highest BCUT2D eigenvalue weighted by molar-refractivity contribution is 5.56. The molecule has 0 unspecified atom stereocenters. The molecule has 0 aliphatic heterocycles. The number of aryl methyl sites for hydroxylation is 1. The Kier molecular flexibility index (Phi) is 3.48. The first-order valence-electron chi connectivity index (χ1n) is 6.18. The van der Waals surface area contributed by atoms with Crippen LogP contribution in [0.4, 0.5) is 5.69 Å². The Bertz CT molecular complexity index is 618. The summed E-state index contributed by atoms with van der Waals surface area (Å²) in [6.45, 7) is 5.99. The lowest BCUT2D eigenvalue weighted by atomic mass is 10.2. The molecule has 4 heteroatoms. The van der Waals surface area contributed by atoms with Crippen LogP contribution in [-0.4, -0.2) is 4.57 Å². The Morgan fingerprint density at radius 3 is 2.42 bits per heavy atom. The Hall–Kier alpha value is -2.41. The van der Waals surface area contributed by atoms with Gasteiger partial charge in [0, 0.05) is 12.1 Å². The number of anilines is 1. The third-order valence-electron chi connectivity index (χ3n) is 2.88. The quantitative estimate of drug-likeness (QED) is 0.910. The molecule has 1 aromatic carbocycles. The number of nitrogens with zero attached hydrogens (tertiary/aromatic N) is 2. The van der Waals surface area contributed by atoms with E-state index in [1.165, 1.54) is 0 Å². The number of nitriles is 1. The van der Waals surface area contributed by atoms with Crippen molar-refractivity contribution < 1.29 is 4.74 Å². The third kappa shape index (κ3) is 2.55. The van der Waals surface area contributed by atoms with E-state index in [0.717, 1.165) is 5.56 Å². The summed E-state index contributed by atoms with van der Waals surface area (Å²) in [7, 11) is 0. The molecular formula is C15H17N3O. The first kappa shape index (κ1) is 13.0. The second-order valence-electron chi connectivity index (χ2n) is 4.78. The van der Waals surface area contributed by atoms with Gasteiger partial charge in [0.2, 0.25) is 5.88 Å². The molecular weight excluding hydrogens is 238 g/mol. The number of hydrogen-bond donors (Lipinski definition) is 1. The lowest BCUT2D eigenvalue weighted by Crippen LogP contribution is -2.06. The molecule has 0 fully saturated rings. The molecule has 4 nitrogen and oxygen atoms in total. The number of aromatic nitrogens is 1. The van der Waals surface area contributed by atoms with E-state index in [0.29, 0.717) is 23.0 Å². The van der Waals surface area contributed by atoms with Crippen LogP contribution in [-0.2, 0) is 0 Å². The number of rotatable bonds is 3. The average molecular weight is 255 g/mol. The minimum Gasteiger partial charge on any atom is -0.439 e. The van der Waals surface area contributed by atoms with Gasteiger partial charge in [-0.2, -0.15) is 5.26 Å². The molecule has 2 rings (SSSR count). The van der Waals surface area contributed by atoms with Gasteiger partial charge in [0.15, 0.2) is 0 Å². The largest absolute Gasteiger partial charge is 0.439 e. The van der Waals surface area contributed by atoms with Gasteiger partial charge in [0.05, 0.1) is 5.69 Å². The van der Waals surface area contributed by atoms with Gasteiger partial charge in [-0.15, -0.1) is 0 Å². The van der Waals surface area contributed by atoms with E-state index in [1.54, 1.807) is 10.6 Å². The van der Waals surface area contributed by atoms with Crippen LogP contribution in [0.15, 0.2) is 30.3 Å². The standard InChI is InChI=1S/C15H17N3O/c1-10(2)18-12(9-16)8-14(17)15(18)19-13-6-4-11(3)5-7-13/h4-8,10H,17H2,1-3H3. The fourth-order valence-corrected chi connectivity index (χ4v) is 1.95. The Morgan fingerprint density at radius 2 is 1.89 bits per heavy atom. The molecule has 0 saturated heterocycles. The number of nitrogens with two attached hydrogens (primary N) is 1. The van der Waals surface area contributed by atoms with Crippen molar-refractivity contribution in [3.8, 4) is 17.7 Å². The van der Waals surface area contributed by atoms with Crippen molar-refractivity contribution in [1.29, 1.82) is 5.26 Å². The molecule has 0 saturated carbocycles. The van der Waals surface area contributed by atoms with Gasteiger partial charge in [0.1, 0.15) is 17.5 Å². The van der Waals surface area contributed by atoms with Crippen molar-refractivity contribution in [2.75, 3.05) is 5.73 Å². The summed E-state index contributed by atoms with van der Waals surface area (Å²) in [6, 6.07) is 11.6. The first-order valence-corrected chi connectivity index (χ1v) is 6.18. The van der Waals surface area contributed by atoms with Crippen LogP contribution < -0.4 is 10.5 Å². The van der Waals surface area contributed by atoms with Gasteiger partial charge >= 0.3 is 0 Å². The first-order chi connectivity index (χ1) is 9.02. The second kappa shape index (κ2) is 5.07. The highest BCUT2D eigenvalue weighted by atomic mass is 16.5. The van der Waals surface area contributed by atoms with Crippen LogP contribution in [0.25, 0.3) is 0 Å². The van der Waals surface area contributed by atoms with Crippen LogP contribution in [0.3, 0.4) is 0 Å². The average Bonchev–Trinajstić information content (AvgIpc) is 2.69. The molecule has 0 aliphatic carbocycles. The summed E-state index contributed by atoms with van der Waals surface area (Å²) < 4.78 is 7.63. The van der Waals surface area contributed by atoms with E-state index in [-0.39, 0.29) is 6.04 Å². The fraction of sp³-hybridized carbons (Fsp3) is 0.267. The number of nitrogen functional groups attached to an aromatic ring is 1. The van der Waals surface area contributed by atoms with Gasteiger partial charge < -0.3 is 10.5 Å². The van der Waals surface area contributed by atoms with Crippen LogP contribution in [0.1, 0.15) is 31.1 Å². The van der Waals surface area contributed by atoms with Crippen molar-refractivity contribution in [2.24, 2.45) is 0 Å². The van der Waals surface area contributed by atoms with Crippen LogP contribution >= 0.6 is 0 Å². The Morgan fingerprint density at radius 1 is 1.26 bits per heavy atom. The number of benzene rings is 1. The van der Waals surface area contributed by atoms with Crippen molar-refractivity contribution in [3.63, 3.8) is 0 Å². The van der Waals surface area contributed by atoms with Gasteiger partial charge in [-0.25, -0.2) is 0 Å². The molecule has 2 aromatic rings. The molecule has 1 aromatic heterocycles. The fourth-order valence-electron chi connectivity index (χ4n) is 1.95. The molecule has 98 valence electrons. The SMILES string of the molecule is Cc1ccc(Oc2c(N)cc(C#N)n2C(C)C)cc1. The minimum absolute atomic E-state index is 0.104. The van der Waals surface area contributed by atoms with Crippen molar-refractivity contribution in [3.05, 3.63) is 41.6 Å². The summed E-state index contributed by atoms with van der Waals surface area (Å²) in [5, 5.41) is 9.13. The second-order valence-corrected chi connectivity index (χ2v) is 4.78. The normalized spacial score (nSPS) is 10.5. The summed E-state index contributed by atoms with van der Waals surface area (Å²) in [6.07, 6.45) is 0. The molecule has 0 atom stereocenters. The summed E-state index contributed by atoms with van der Waals surface area (Å²) in [5.74, 6) is 1.23. The molecule has 0 amide bonds. The maximum Gasteiger partial charge on any atom is 0.224 e. The summed E-state index contributed by atoms with van der Waals surface area (Å²) in [5.41, 5.74) is 8.09. The minimum atomic E-state index is 0.104. The highest BCUT2D eigenvalue weighted by Crippen LogP contribution is 2.33. The lowest BCUT2D eigenvalue weighted by molar-refractivity contribution is 0.412. The summed E-state index contributed by atoms with van der Waals surface area (Å²) in [4.78, 5) is 0. The number of ether oxygens (including phenoxy) is 1. The van der Waals surface area contributed by atoms with Crippen molar-refractivity contribution in [1.82, 2.24) is 4.57 Å². The zero-order chi connectivity index (χ0) is 14.0. The summed E-state index contributed by atoms with van der Waals surface area (Å²) >= 11 is 0. The molecule has 0 radical (unpaired) electrons. The molecule has 1 heterocycles. The van der Waals surface area contributed by atoms with E-state index >= 15 is 0 Å². The monoisotopic (exact) mass is 255 g/mol.